The van der Waals surface area contributed by atoms with Crippen molar-refractivity contribution in [2.75, 3.05) is 26.7 Å². The number of nitrogens with one attached hydrogen (secondary N) is 1. The highest BCUT2D eigenvalue weighted by Crippen LogP contribution is 2.25. The van der Waals surface area contributed by atoms with Crippen molar-refractivity contribution < 1.29 is 17.9 Å². The van der Waals surface area contributed by atoms with Crippen molar-refractivity contribution in [1.29, 1.82) is 0 Å². The number of rotatable bonds is 6. The Balaban J connectivity index is 1.80. The van der Waals surface area contributed by atoms with E-state index in [4.69, 9.17) is 4.74 Å². The predicted molar refractivity (Wildman–Crippen MR) is 109 cm³/mol. The first-order valence-electron chi connectivity index (χ1n) is 10.2. The average molecular weight is 407 g/mol. The summed E-state index contributed by atoms with van der Waals surface area (Å²) in [6.07, 6.45) is 10.5. The van der Waals surface area contributed by atoms with E-state index in [-0.39, 0.29) is 10.8 Å². The number of amides is 1. The molecule has 0 radical (unpaired) electrons. The van der Waals surface area contributed by atoms with Crippen molar-refractivity contribution in [2.45, 2.75) is 56.3 Å². The number of nitrogens with zero attached hydrogens (tertiary/aromatic N) is 1. The van der Waals surface area contributed by atoms with Crippen molar-refractivity contribution in [2.24, 2.45) is 0 Å². The molecule has 3 rings (SSSR count). The predicted octanol–water partition coefficient (Wildman–Crippen LogP) is 3.49. The Labute approximate surface area is 168 Å². The Morgan fingerprint density at radius 2 is 1.86 bits per heavy atom. The van der Waals surface area contributed by atoms with Gasteiger partial charge in [0.05, 0.1) is 17.6 Å². The standard InChI is InChI=1S/C21H30N2O4S/c1-27-20-12-11-18(28(25,26)22-16-17-9-5-4-6-10-17)15-19(20)21(24)23-13-7-2-3-8-14-23/h9,11-12,15,22H,2-8,10,13-14,16H2,1H3. The Morgan fingerprint density at radius 3 is 2.50 bits per heavy atom. The number of carbonyl (C=O) groups is 1. The Bertz CT molecular complexity index is 825. The van der Waals surface area contributed by atoms with Gasteiger partial charge in [0.1, 0.15) is 5.75 Å². The first-order valence-corrected chi connectivity index (χ1v) is 11.6. The van der Waals surface area contributed by atoms with Gasteiger partial charge in [-0.1, -0.05) is 24.5 Å². The fourth-order valence-electron chi connectivity index (χ4n) is 3.80. The highest BCUT2D eigenvalue weighted by atomic mass is 32.2. The molecule has 1 fully saturated rings. The van der Waals surface area contributed by atoms with Crippen molar-refractivity contribution >= 4 is 15.9 Å². The molecule has 0 atom stereocenters. The molecule has 0 unspecified atom stereocenters. The van der Waals surface area contributed by atoms with Gasteiger partial charge in [0, 0.05) is 19.6 Å². The van der Waals surface area contributed by atoms with Gasteiger partial charge in [-0.15, -0.1) is 0 Å². The van der Waals surface area contributed by atoms with Crippen LogP contribution in [0.15, 0.2) is 34.7 Å². The summed E-state index contributed by atoms with van der Waals surface area (Å²) in [6, 6.07) is 4.51. The molecule has 1 saturated heterocycles. The summed E-state index contributed by atoms with van der Waals surface area (Å²) in [5, 5.41) is 0. The molecule has 1 aliphatic carbocycles. The largest absolute Gasteiger partial charge is 0.496 e. The van der Waals surface area contributed by atoms with Gasteiger partial charge >= 0.3 is 0 Å². The molecule has 1 aliphatic heterocycles. The second-order valence-electron chi connectivity index (χ2n) is 7.50. The van der Waals surface area contributed by atoms with E-state index in [0.29, 0.717) is 30.9 Å². The van der Waals surface area contributed by atoms with E-state index in [1.54, 1.807) is 6.07 Å². The zero-order chi connectivity index (χ0) is 20.0. The maximum absolute atomic E-state index is 13.0. The van der Waals surface area contributed by atoms with Gasteiger partial charge < -0.3 is 9.64 Å². The molecule has 7 heteroatoms. The molecule has 1 aromatic rings. The average Bonchev–Trinajstić information content (AvgIpc) is 3.01. The number of sulfonamides is 1. The van der Waals surface area contributed by atoms with Crippen LogP contribution in [-0.4, -0.2) is 46.0 Å². The Morgan fingerprint density at radius 1 is 1.11 bits per heavy atom. The van der Waals surface area contributed by atoms with Crippen LogP contribution < -0.4 is 9.46 Å². The maximum Gasteiger partial charge on any atom is 0.257 e. The number of benzene rings is 1. The van der Waals surface area contributed by atoms with Crippen LogP contribution in [0.5, 0.6) is 5.75 Å². The molecule has 28 heavy (non-hydrogen) atoms. The molecular formula is C21H30N2O4S. The minimum atomic E-state index is -3.70. The number of hydrogen-bond donors (Lipinski definition) is 1. The quantitative estimate of drug-likeness (QED) is 0.734. The van der Waals surface area contributed by atoms with E-state index in [9.17, 15) is 13.2 Å². The zero-order valence-corrected chi connectivity index (χ0v) is 17.4. The molecule has 0 bridgehead atoms. The van der Waals surface area contributed by atoms with E-state index in [0.717, 1.165) is 56.9 Å². The van der Waals surface area contributed by atoms with Crippen LogP contribution in [0.4, 0.5) is 0 Å². The van der Waals surface area contributed by atoms with Crippen LogP contribution in [0, 0.1) is 0 Å². The molecule has 1 amide bonds. The van der Waals surface area contributed by atoms with Crippen molar-refractivity contribution in [1.82, 2.24) is 9.62 Å². The summed E-state index contributed by atoms with van der Waals surface area (Å²) in [5.74, 6) is 0.244. The van der Waals surface area contributed by atoms with E-state index >= 15 is 0 Å². The Kier molecular flexibility index (Phi) is 7.13. The highest BCUT2D eigenvalue weighted by Gasteiger charge is 2.24. The number of methoxy groups -OCH3 is 1. The lowest BCUT2D eigenvalue weighted by Gasteiger charge is -2.22. The molecule has 0 spiro atoms. The second-order valence-corrected chi connectivity index (χ2v) is 9.27. The van der Waals surface area contributed by atoms with Crippen molar-refractivity contribution in [3.05, 3.63) is 35.4 Å². The van der Waals surface area contributed by atoms with Gasteiger partial charge in [0.25, 0.3) is 5.91 Å². The van der Waals surface area contributed by atoms with Crippen molar-refractivity contribution in [3.8, 4) is 5.75 Å². The normalized spacial score (nSPS) is 18.3. The molecule has 1 N–H and O–H groups in total. The van der Waals surface area contributed by atoms with E-state index < -0.39 is 10.0 Å². The maximum atomic E-state index is 13.0. The van der Waals surface area contributed by atoms with Crippen LogP contribution in [0.2, 0.25) is 0 Å². The van der Waals surface area contributed by atoms with Crippen LogP contribution in [0.1, 0.15) is 61.7 Å². The van der Waals surface area contributed by atoms with Gasteiger partial charge in [-0.05, 0) is 56.7 Å². The number of allylic oxidation sites excluding steroid dienone is 1. The van der Waals surface area contributed by atoms with Gasteiger partial charge in [0.2, 0.25) is 10.0 Å². The van der Waals surface area contributed by atoms with E-state index in [1.165, 1.54) is 19.2 Å². The van der Waals surface area contributed by atoms with Gasteiger partial charge in [-0.3, -0.25) is 4.79 Å². The summed E-state index contributed by atoms with van der Waals surface area (Å²) >= 11 is 0. The molecule has 154 valence electrons. The SMILES string of the molecule is COc1ccc(S(=O)(=O)NCC2=CCCCC2)cc1C(=O)N1CCCCCC1. The third-order valence-electron chi connectivity index (χ3n) is 5.48. The molecule has 1 aromatic carbocycles. The van der Waals surface area contributed by atoms with E-state index in [2.05, 4.69) is 10.8 Å². The summed E-state index contributed by atoms with van der Waals surface area (Å²) in [5.41, 5.74) is 1.44. The monoisotopic (exact) mass is 406 g/mol. The summed E-state index contributed by atoms with van der Waals surface area (Å²) in [6.45, 7) is 1.72. The van der Waals surface area contributed by atoms with Crippen LogP contribution in [-0.2, 0) is 10.0 Å². The molecule has 6 nitrogen and oxygen atoms in total. The van der Waals surface area contributed by atoms with Crippen LogP contribution in [0.25, 0.3) is 0 Å². The molecule has 2 aliphatic rings. The third kappa shape index (κ3) is 5.14. The molecular weight excluding hydrogens is 376 g/mol. The number of hydrogen-bond acceptors (Lipinski definition) is 4. The van der Waals surface area contributed by atoms with E-state index in [1.807, 2.05) is 4.90 Å². The van der Waals surface area contributed by atoms with Crippen LogP contribution in [0.3, 0.4) is 0 Å². The summed E-state index contributed by atoms with van der Waals surface area (Å²) in [7, 11) is -2.20. The summed E-state index contributed by atoms with van der Waals surface area (Å²) in [4.78, 5) is 14.9. The molecule has 0 saturated carbocycles. The highest BCUT2D eigenvalue weighted by molar-refractivity contribution is 7.89. The smallest absolute Gasteiger partial charge is 0.257 e. The number of likely N-dealkylation sites (tertiary alicyclic amines) is 1. The minimum Gasteiger partial charge on any atom is -0.496 e. The third-order valence-corrected chi connectivity index (χ3v) is 6.88. The zero-order valence-electron chi connectivity index (χ0n) is 16.6. The summed E-state index contributed by atoms with van der Waals surface area (Å²) < 4.78 is 33.6. The van der Waals surface area contributed by atoms with Gasteiger partial charge in [0.15, 0.2) is 0 Å². The first kappa shape index (κ1) is 20.9. The van der Waals surface area contributed by atoms with Crippen LogP contribution >= 0.6 is 0 Å². The lowest BCUT2D eigenvalue weighted by atomic mass is 10.0. The minimum absolute atomic E-state index is 0.0999. The topological polar surface area (TPSA) is 75.7 Å². The first-order chi connectivity index (χ1) is 13.5. The number of carbonyl (C=O) groups excluding carboxylic acids is 1. The molecule has 1 heterocycles. The van der Waals surface area contributed by atoms with Gasteiger partial charge in [-0.2, -0.15) is 0 Å². The lowest BCUT2D eigenvalue weighted by Crippen LogP contribution is -2.32. The van der Waals surface area contributed by atoms with Gasteiger partial charge in [-0.25, -0.2) is 13.1 Å². The van der Waals surface area contributed by atoms with Crippen molar-refractivity contribution in [3.63, 3.8) is 0 Å². The molecule has 0 aromatic heterocycles. The fraction of sp³-hybridized carbons (Fsp3) is 0.571. The fourth-order valence-corrected chi connectivity index (χ4v) is 4.86. The second kappa shape index (κ2) is 9.56. The Hall–Kier alpha value is -1.86. The number of ether oxygens (including phenoxy) is 1. The lowest BCUT2D eigenvalue weighted by molar-refractivity contribution is 0.0758.